The van der Waals surface area contributed by atoms with Crippen molar-refractivity contribution in [2.75, 3.05) is 13.1 Å². The summed E-state index contributed by atoms with van der Waals surface area (Å²) in [4.78, 5) is 0. The molecule has 0 saturated carbocycles. The number of nitrogens with zero attached hydrogens (tertiary/aromatic N) is 1. The smallest absolute Gasteiger partial charge is 0.109 e. The van der Waals surface area contributed by atoms with Crippen LogP contribution in [0.1, 0.15) is 123 Å². The van der Waals surface area contributed by atoms with Gasteiger partial charge in [-0.2, -0.15) is 0 Å². The molecule has 0 heterocycles. The fourth-order valence-corrected chi connectivity index (χ4v) is 5.13. The van der Waals surface area contributed by atoms with Crippen molar-refractivity contribution in [1.82, 2.24) is 0 Å². The first-order valence-corrected chi connectivity index (χ1v) is 14.4. The summed E-state index contributed by atoms with van der Waals surface area (Å²) in [5.41, 5.74) is 1.24. The lowest BCUT2D eigenvalue weighted by atomic mass is 10.0. The molecule has 0 bridgehead atoms. The third-order valence-electron chi connectivity index (χ3n) is 6.74. The average Bonchev–Trinajstić information content (AvgIpc) is 2.78. The molecule has 3 heteroatoms. The number of aliphatic hydroxyl groups is 2. The Kier molecular flexibility index (Phi) is 18.2. The van der Waals surface area contributed by atoms with E-state index in [-0.39, 0.29) is 0 Å². The number of hydrogen-bond acceptors (Lipinski definition) is 2. The molecule has 0 saturated heterocycles. The number of rotatable bonds is 22. The second-order valence-corrected chi connectivity index (χ2v) is 10.7. The SMILES string of the molecule is CCCCCCCCCCCCCCCCC=C[N+](Cc1ccccc1)(CC(C)O)CC(C)O. The third-order valence-corrected chi connectivity index (χ3v) is 6.74. The van der Waals surface area contributed by atoms with Crippen molar-refractivity contribution in [3.05, 3.63) is 48.2 Å². The van der Waals surface area contributed by atoms with Gasteiger partial charge in [-0.05, 0) is 32.8 Å². The lowest BCUT2D eigenvalue weighted by molar-refractivity contribution is -0.898. The molecule has 2 atom stereocenters. The highest BCUT2D eigenvalue weighted by atomic mass is 16.3. The van der Waals surface area contributed by atoms with Gasteiger partial charge in [-0.3, -0.25) is 4.48 Å². The Hall–Kier alpha value is -1.16. The standard InChI is InChI=1S/C31H56NO2/c1-4-5-6-7-8-9-10-11-12-13-14-15-16-17-18-22-25-32(26-29(2)33,27-30(3)34)28-31-23-20-19-21-24-31/h19-25,29-30,33-34H,4-18,26-28H2,1-3H3/q+1. The highest BCUT2D eigenvalue weighted by Gasteiger charge is 2.29. The maximum Gasteiger partial charge on any atom is 0.109 e. The van der Waals surface area contributed by atoms with Crippen molar-refractivity contribution in [2.24, 2.45) is 0 Å². The Balaban J connectivity index is 2.27. The average molecular weight is 475 g/mol. The lowest BCUT2D eigenvalue weighted by Crippen LogP contribution is -2.50. The van der Waals surface area contributed by atoms with E-state index in [0.717, 1.165) is 13.0 Å². The van der Waals surface area contributed by atoms with Crippen molar-refractivity contribution in [2.45, 2.75) is 136 Å². The Labute approximate surface area is 211 Å². The van der Waals surface area contributed by atoms with Gasteiger partial charge in [0.2, 0.25) is 0 Å². The zero-order valence-electron chi connectivity index (χ0n) is 22.8. The maximum atomic E-state index is 10.2. The minimum atomic E-state index is -0.409. The van der Waals surface area contributed by atoms with Gasteiger partial charge in [-0.25, -0.2) is 0 Å². The first-order chi connectivity index (χ1) is 16.5. The molecule has 1 rings (SSSR count). The highest BCUT2D eigenvalue weighted by Crippen LogP contribution is 2.20. The van der Waals surface area contributed by atoms with Gasteiger partial charge in [0.05, 0.1) is 6.20 Å². The summed E-state index contributed by atoms with van der Waals surface area (Å²) in [7, 11) is 0. The number of benzene rings is 1. The fraction of sp³-hybridized carbons (Fsp3) is 0.742. The second kappa shape index (κ2) is 20.1. The lowest BCUT2D eigenvalue weighted by Gasteiger charge is -2.37. The van der Waals surface area contributed by atoms with Crippen LogP contribution in [0.2, 0.25) is 0 Å². The number of aliphatic hydroxyl groups excluding tert-OH is 2. The van der Waals surface area contributed by atoms with E-state index in [1.165, 1.54) is 95.5 Å². The molecule has 1 aromatic carbocycles. The quantitative estimate of drug-likeness (QED) is 0.131. The molecule has 0 aromatic heterocycles. The second-order valence-electron chi connectivity index (χ2n) is 10.7. The number of unbranched alkanes of at least 4 members (excludes halogenated alkanes) is 14. The molecule has 34 heavy (non-hydrogen) atoms. The van der Waals surface area contributed by atoms with Crippen LogP contribution in [-0.4, -0.2) is 40.0 Å². The van der Waals surface area contributed by atoms with Gasteiger partial charge >= 0.3 is 0 Å². The molecule has 0 spiro atoms. The first kappa shape index (κ1) is 30.9. The Bertz CT molecular complexity index is 587. The van der Waals surface area contributed by atoms with Crippen molar-refractivity contribution in [3.8, 4) is 0 Å². The fourth-order valence-electron chi connectivity index (χ4n) is 5.13. The van der Waals surface area contributed by atoms with E-state index in [2.05, 4.69) is 43.5 Å². The Morgan fingerprint density at radius 3 is 1.56 bits per heavy atom. The van der Waals surface area contributed by atoms with Crippen LogP contribution in [0, 0.1) is 0 Å². The van der Waals surface area contributed by atoms with Gasteiger partial charge in [0.25, 0.3) is 0 Å². The minimum absolute atomic E-state index is 0.409. The van der Waals surface area contributed by atoms with E-state index in [9.17, 15) is 10.2 Å². The summed E-state index contributed by atoms with van der Waals surface area (Å²) < 4.78 is 0.595. The molecular weight excluding hydrogens is 418 g/mol. The van der Waals surface area contributed by atoms with E-state index in [0.29, 0.717) is 17.6 Å². The topological polar surface area (TPSA) is 40.5 Å². The normalized spacial score (nSPS) is 15.4. The van der Waals surface area contributed by atoms with Gasteiger partial charge in [-0.15, -0.1) is 0 Å². The molecule has 0 aliphatic rings. The van der Waals surface area contributed by atoms with Crippen LogP contribution in [0.3, 0.4) is 0 Å². The van der Waals surface area contributed by atoms with E-state index in [4.69, 9.17) is 0 Å². The Morgan fingerprint density at radius 2 is 1.12 bits per heavy atom. The van der Waals surface area contributed by atoms with Gasteiger partial charge in [-0.1, -0.05) is 121 Å². The summed E-state index contributed by atoms with van der Waals surface area (Å²) in [5, 5.41) is 20.4. The van der Waals surface area contributed by atoms with Crippen LogP contribution in [-0.2, 0) is 6.54 Å². The molecule has 196 valence electrons. The first-order valence-electron chi connectivity index (χ1n) is 14.4. The highest BCUT2D eigenvalue weighted by molar-refractivity contribution is 5.13. The molecule has 0 fully saturated rings. The van der Waals surface area contributed by atoms with Crippen molar-refractivity contribution in [1.29, 1.82) is 0 Å². The van der Waals surface area contributed by atoms with Gasteiger partial charge < -0.3 is 10.2 Å². The van der Waals surface area contributed by atoms with Crippen molar-refractivity contribution >= 4 is 0 Å². The molecule has 0 aliphatic carbocycles. The molecule has 0 radical (unpaired) electrons. The molecular formula is C31H56NO2+. The maximum absolute atomic E-state index is 10.2. The predicted molar refractivity (Wildman–Crippen MR) is 148 cm³/mol. The molecule has 1 aromatic rings. The minimum Gasteiger partial charge on any atom is -0.388 e. The monoisotopic (exact) mass is 474 g/mol. The molecule has 3 nitrogen and oxygen atoms in total. The van der Waals surface area contributed by atoms with E-state index >= 15 is 0 Å². The van der Waals surface area contributed by atoms with Crippen LogP contribution in [0.25, 0.3) is 0 Å². The van der Waals surface area contributed by atoms with Crippen molar-refractivity contribution in [3.63, 3.8) is 0 Å². The van der Waals surface area contributed by atoms with Crippen LogP contribution in [0.5, 0.6) is 0 Å². The van der Waals surface area contributed by atoms with Crippen LogP contribution in [0.4, 0.5) is 0 Å². The zero-order valence-corrected chi connectivity index (χ0v) is 22.8. The van der Waals surface area contributed by atoms with Gasteiger partial charge in [0.15, 0.2) is 0 Å². The van der Waals surface area contributed by atoms with Gasteiger partial charge in [0, 0.05) is 5.56 Å². The molecule has 2 N–H and O–H groups in total. The summed E-state index contributed by atoms with van der Waals surface area (Å²) in [6, 6.07) is 10.4. The van der Waals surface area contributed by atoms with E-state index < -0.39 is 12.2 Å². The van der Waals surface area contributed by atoms with E-state index in [1.54, 1.807) is 0 Å². The zero-order chi connectivity index (χ0) is 24.9. The molecule has 0 aliphatic heterocycles. The van der Waals surface area contributed by atoms with Crippen molar-refractivity contribution < 1.29 is 14.7 Å². The van der Waals surface area contributed by atoms with E-state index in [1.807, 2.05) is 19.9 Å². The summed E-state index contributed by atoms with van der Waals surface area (Å²) in [6.07, 6.45) is 24.2. The molecule has 0 amide bonds. The summed E-state index contributed by atoms with van der Waals surface area (Å²) in [6.45, 7) is 8.02. The predicted octanol–water partition coefficient (Wildman–Crippen LogP) is 8.15. The third kappa shape index (κ3) is 16.5. The number of quaternary nitrogens is 1. The molecule has 2 unspecified atom stereocenters. The number of allylic oxidation sites excluding steroid dienone is 1. The largest absolute Gasteiger partial charge is 0.388 e. The van der Waals surface area contributed by atoms with Crippen LogP contribution in [0.15, 0.2) is 42.6 Å². The summed E-state index contributed by atoms with van der Waals surface area (Å²) in [5.74, 6) is 0. The number of hydrogen-bond donors (Lipinski definition) is 2. The Morgan fingerprint density at radius 1 is 0.676 bits per heavy atom. The van der Waals surface area contributed by atoms with Gasteiger partial charge in [0.1, 0.15) is 31.8 Å². The summed E-state index contributed by atoms with van der Waals surface area (Å²) >= 11 is 0. The van der Waals surface area contributed by atoms with Crippen LogP contribution < -0.4 is 0 Å². The van der Waals surface area contributed by atoms with Crippen LogP contribution >= 0.6 is 0 Å².